The van der Waals surface area contributed by atoms with Crippen LogP contribution in [-0.2, 0) is 14.8 Å². The summed E-state index contributed by atoms with van der Waals surface area (Å²) in [4.78, 5) is 12.5. The van der Waals surface area contributed by atoms with Crippen LogP contribution >= 0.6 is 0 Å². The fourth-order valence-electron chi connectivity index (χ4n) is 4.44. The first-order valence-corrected chi connectivity index (χ1v) is 10.8. The first-order chi connectivity index (χ1) is 12.5. The molecule has 2 unspecified atom stereocenters. The molecule has 1 amide bonds. The Bertz CT molecular complexity index is 874. The zero-order valence-electron chi connectivity index (χ0n) is 16.7. The maximum atomic E-state index is 12.6. The van der Waals surface area contributed by atoms with E-state index in [1.54, 1.807) is 24.3 Å². The second-order valence-electron chi connectivity index (χ2n) is 8.66. The van der Waals surface area contributed by atoms with E-state index in [-0.39, 0.29) is 22.3 Å². The minimum atomic E-state index is -3.70. The molecule has 0 saturated heterocycles. The standard InChI is InChI=1S/C20H29N3O3S/c1-14-6-8-16(9-7-14)27(25,26)23(5)13-18(24)22-21-17-12-15-10-11-20(17,4)19(15,2)3/h6-9,15H,10-13H2,1-5H3,(H,22,24)/b21-17+. The van der Waals surface area contributed by atoms with E-state index in [9.17, 15) is 13.2 Å². The summed E-state index contributed by atoms with van der Waals surface area (Å²) in [7, 11) is -2.30. The number of hydrazone groups is 1. The molecule has 148 valence electrons. The summed E-state index contributed by atoms with van der Waals surface area (Å²) in [5.74, 6) is 0.174. The molecule has 0 radical (unpaired) electrons. The van der Waals surface area contributed by atoms with Crippen LogP contribution in [0.25, 0.3) is 0 Å². The Morgan fingerprint density at radius 1 is 1.26 bits per heavy atom. The molecule has 2 atom stereocenters. The van der Waals surface area contributed by atoms with Gasteiger partial charge in [-0.3, -0.25) is 4.79 Å². The summed E-state index contributed by atoms with van der Waals surface area (Å²) < 4.78 is 26.2. The van der Waals surface area contributed by atoms with Gasteiger partial charge in [0.05, 0.1) is 11.4 Å². The summed E-state index contributed by atoms with van der Waals surface area (Å²) in [5.41, 5.74) is 4.77. The van der Waals surface area contributed by atoms with E-state index in [0.29, 0.717) is 5.92 Å². The van der Waals surface area contributed by atoms with Crippen molar-refractivity contribution >= 4 is 21.6 Å². The van der Waals surface area contributed by atoms with Gasteiger partial charge in [-0.25, -0.2) is 13.8 Å². The third kappa shape index (κ3) is 3.31. The smallest absolute Gasteiger partial charge is 0.255 e. The molecule has 2 saturated carbocycles. The van der Waals surface area contributed by atoms with Crippen LogP contribution < -0.4 is 5.43 Å². The molecule has 1 N–H and O–H groups in total. The fraction of sp³-hybridized carbons (Fsp3) is 0.600. The van der Waals surface area contributed by atoms with E-state index in [2.05, 4.69) is 31.3 Å². The highest BCUT2D eigenvalue weighted by Crippen LogP contribution is 2.63. The number of nitrogens with one attached hydrogen (secondary N) is 1. The number of amides is 1. The van der Waals surface area contributed by atoms with Crippen LogP contribution in [0.4, 0.5) is 0 Å². The van der Waals surface area contributed by atoms with E-state index in [1.807, 2.05) is 6.92 Å². The lowest BCUT2D eigenvalue weighted by atomic mass is 9.70. The van der Waals surface area contributed by atoms with Gasteiger partial charge in [0.15, 0.2) is 0 Å². The number of hydrogen-bond acceptors (Lipinski definition) is 4. The fourth-order valence-corrected chi connectivity index (χ4v) is 5.57. The van der Waals surface area contributed by atoms with Crippen molar-refractivity contribution in [1.82, 2.24) is 9.73 Å². The van der Waals surface area contributed by atoms with Crippen LogP contribution in [0.15, 0.2) is 34.3 Å². The predicted octanol–water partition coefficient (Wildman–Crippen LogP) is 2.93. The summed E-state index contributed by atoms with van der Waals surface area (Å²) in [6.45, 7) is 8.40. The Morgan fingerprint density at radius 3 is 2.41 bits per heavy atom. The second kappa shape index (κ2) is 6.71. The highest BCUT2D eigenvalue weighted by Gasteiger charge is 2.60. The van der Waals surface area contributed by atoms with Crippen molar-refractivity contribution in [2.24, 2.45) is 21.8 Å². The van der Waals surface area contributed by atoms with Crippen LogP contribution in [0.3, 0.4) is 0 Å². The first-order valence-electron chi connectivity index (χ1n) is 9.37. The Hall–Kier alpha value is -1.73. The third-order valence-corrected chi connectivity index (χ3v) is 8.74. The number of aryl methyl sites for hydroxylation is 1. The molecule has 0 aromatic heterocycles. The molecule has 1 aromatic rings. The molecular formula is C20H29N3O3S. The number of nitrogens with zero attached hydrogens (tertiary/aromatic N) is 2. The highest BCUT2D eigenvalue weighted by atomic mass is 32.2. The van der Waals surface area contributed by atoms with E-state index >= 15 is 0 Å². The molecule has 0 heterocycles. The van der Waals surface area contributed by atoms with Gasteiger partial charge in [-0.2, -0.15) is 9.41 Å². The van der Waals surface area contributed by atoms with E-state index < -0.39 is 15.9 Å². The molecular weight excluding hydrogens is 362 g/mol. The summed E-state index contributed by atoms with van der Waals surface area (Å²) in [6, 6.07) is 6.59. The average Bonchev–Trinajstić information content (AvgIpc) is 2.93. The van der Waals surface area contributed by atoms with Crippen LogP contribution in [0, 0.1) is 23.7 Å². The van der Waals surface area contributed by atoms with Gasteiger partial charge in [0.2, 0.25) is 10.0 Å². The van der Waals surface area contributed by atoms with Crippen molar-refractivity contribution in [2.45, 2.75) is 51.9 Å². The molecule has 3 rings (SSSR count). The van der Waals surface area contributed by atoms with Gasteiger partial charge < -0.3 is 0 Å². The molecule has 2 bridgehead atoms. The van der Waals surface area contributed by atoms with Crippen molar-refractivity contribution in [1.29, 1.82) is 0 Å². The topological polar surface area (TPSA) is 78.8 Å². The summed E-state index contributed by atoms with van der Waals surface area (Å²) in [6.07, 6.45) is 3.19. The number of likely N-dealkylation sites (N-methyl/N-ethyl adjacent to an activating group) is 1. The Balaban J connectivity index is 1.65. The second-order valence-corrected chi connectivity index (χ2v) is 10.7. The SMILES string of the molecule is Cc1ccc(S(=O)(=O)N(C)CC(=O)N/N=C2\CC3CCC2(C)C3(C)C)cc1. The van der Waals surface area contributed by atoms with Crippen LogP contribution in [0.1, 0.15) is 45.6 Å². The molecule has 6 nitrogen and oxygen atoms in total. The summed E-state index contributed by atoms with van der Waals surface area (Å²) >= 11 is 0. The lowest BCUT2D eigenvalue weighted by Crippen LogP contribution is -2.38. The van der Waals surface area contributed by atoms with Gasteiger partial charge in [0, 0.05) is 18.2 Å². The van der Waals surface area contributed by atoms with Gasteiger partial charge in [-0.15, -0.1) is 0 Å². The Kier molecular flexibility index (Phi) is 4.97. The molecule has 2 aliphatic rings. The average molecular weight is 392 g/mol. The lowest BCUT2D eigenvalue weighted by molar-refractivity contribution is -0.121. The van der Waals surface area contributed by atoms with E-state index in [0.717, 1.165) is 28.4 Å². The molecule has 1 aromatic carbocycles. The number of rotatable bonds is 5. The van der Waals surface area contributed by atoms with Gasteiger partial charge in [-0.1, -0.05) is 38.5 Å². The van der Waals surface area contributed by atoms with E-state index in [1.165, 1.54) is 13.5 Å². The maximum absolute atomic E-state index is 12.6. The zero-order chi connectivity index (χ0) is 20.0. The number of carbonyl (C=O) groups excluding carboxylic acids is 1. The molecule has 7 heteroatoms. The van der Waals surface area contributed by atoms with Crippen molar-refractivity contribution in [3.8, 4) is 0 Å². The van der Waals surface area contributed by atoms with Gasteiger partial charge in [0.1, 0.15) is 0 Å². The van der Waals surface area contributed by atoms with Gasteiger partial charge in [0.25, 0.3) is 5.91 Å². The molecule has 0 spiro atoms. The Morgan fingerprint density at radius 2 is 1.89 bits per heavy atom. The van der Waals surface area contributed by atoms with Crippen LogP contribution in [0.2, 0.25) is 0 Å². The quantitative estimate of drug-likeness (QED) is 0.784. The zero-order valence-corrected chi connectivity index (χ0v) is 17.6. The van der Waals surface area contributed by atoms with Crippen molar-refractivity contribution in [3.63, 3.8) is 0 Å². The molecule has 2 fully saturated rings. The van der Waals surface area contributed by atoms with Gasteiger partial charge in [-0.05, 0) is 49.7 Å². The highest BCUT2D eigenvalue weighted by molar-refractivity contribution is 7.89. The number of fused-ring (bicyclic) bond motifs is 2. The van der Waals surface area contributed by atoms with Crippen LogP contribution in [0.5, 0.6) is 0 Å². The minimum Gasteiger partial charge on any atom is -0.272 e. The van der Waals surface area contributed by atoms with Crippen molar-refractivity contribution in [2.75, 3.05) is 13.6 Å². The van der Waals surface area contributed by atoms with Crippen molar-refractivity contribution in [3.05, 3.63) is 29.8 Å². The monoisotopic (exact) mass is 391 g/mol. The first kappa shape index (κ1) is 20.0. The summed E-state index contributed by atoms with van der Waals surface area (Å²) in [5, 5.41) is 4.39. The lowest BCUT2D eigenvalue weighted by Gasteiger charge is -2.34. The van der Waals surface area contributed by atoms with Gasteiger partial charge >= 0.3 is 0 Å². The van der Waals surface area contributed by atoms with Crippen LogP contribution in [-0.4, -0.2) is 37.9 Å². The Labute approximate surface area is 162 Å². The number of carbonyl (C=O) groups is 1. The largest absolute Gasteiger partial charge is 0.272 e. The minimum absolute atomic E-state index is 0.00479. The molecule has 27 heavy (non-hydrogen) atoms. The normalized spacial score (nSPS) is 28.1. The number of hydrogen-bond donors (Lipinski definition) is 1. The number of sulfonamides is 1. The maximum Gasteiger partial charge on any atom is 0.255 e. The third-order valence-electron chi connectivity index (χ3n) is 6.92. The molecule has 2 aliphatic carbocycles. The predicted molar refractivity (Wildman–Crippen MR) is 106 cm³/mol. The van der Waals surface area contributed by atoms with E-state index in [4.69, 9.17) is 0 Å². The number of benzene rings is 1. The molecule has 0 aliphatic heterocycles. The van der Waals surface area contributed by atoms with Crippen molar-refractivity contribution < 1.29 is 13.2 Å².